The molecule has 2 saturated heterocycles. The first-order valence-electron chi connectivity index (χ1n) is 16.6. The molecule has 2 aliphatic rings. The summed E-state index contributed by atoms with van der Waals surface area (Å²) in [4.78, 5) is 34.5. The summed E-state index contributed by atoms with van der Waals surface area (Å²) < 4.78 is 28.4. The minimum atomic E-state index is -1.94. The predicted octanol–water partition coefficient (Wildman–Crippen LogP) is 1.49. The number of hydrogen-bond acceptors (Lipinski definition) is 14. The van der Waals surface area contributed by atoms with Gasteiger partial charge < -0.3 is 53.8 Å². The monoisotopic (exact) mass is 676 g/mol. The Kier molecular flexibility index (Phi) is 15.7. The van der Waals surface area contributed by atoms with Crippen LogP contribution in [-0.2, 0) is 38.1 Å². The van der Waals surface area contributed by atoms with Crippen LogP contribution in [0.5, 0.6) is 0 Å². The molecule has 0 aromatic heterocycles. The molecule has 0 unspecified atom stereocenters. The Bertz CT molecular complexity index is 1040. The van der Waals surface area contributed by atoms with Crippen molar-refractivity contribution >= 4 is 17.5 Å². The summed E-state index contributed by atoms with van der Waals surface area (Å²) in [5.41, 5.74) is -3.43. The van der Waals surface area contributed by atoms with Gasteiger partial charge in [0.25, 0.3) is 0 Å². The van der Waals surface area contributed by atoms with Crippen molar-refractivity contribution in [1.29, 1.82) is 0 Å². The highest BCUT2D eigenvalue weighted by atomic mass is 16.7. The van der Waals surface area contributed by atoms with Crippen molar-refractivity contribution < 1.29 is 58.5 Å². The van der Waals surface area contributed by atoms with Crippen molar-refractivity contribution in [2.75, 3.05) is 41.2 Å². The summed E-state index contributed by atoms with van der Waals surface area (Å²) >= 11 is 0. The number of Topliss-reactive ketones (excluding diaryl/α,β-unsaturated/α-hetero) is 1. The average molecular weight is 677 g/mol. The number of hydrogen-bond donors (Lipinski definition) is 4. The fraction of sp³-hybridized carbons (Fsp3) is 0.909. The van der Waals surface area contributed by atoms with E-state index in [1.54, 1.807) is 27.7 Å². The van der Waals surface area contributed by atoms with Gasteiger partial charge in [0.15, 0.2) is 12.1 Å². The maximum atomic E-state index is 13.9. The fourth-order valence-corrected chi connectivity index (χ4v) is 6.78. The molecule has 0 radical (unpaired) electrons. The van der Waals surface area contributed by atoms with Gasteiger partial charge in [-0.05, 0) is 61.1 Å². The number of ether oxygens (including phenoxy) is 5. The van der Waals surface area contributed by atoms with E-state index in [1.807, 2.05) is 25.9 Å². The van der Waals surface area contributed by atoms with E-state index in [-0.39, 0.29) is 44.1 Å². The molecule has 0 saturated carbocycles. The number of aliphatic hydroxyl groups is 4. The van der Waals surface area contributed by atoms with Crippen LogP contribution in [0.2, 0.25) is 0 Å². The third-order valence-corrected chi connectivity index (χ3v) is 9.64. The average Bonchev–Trinajstić information content (AvgIpc) is 3.00. The second-order valence-electron chi connectivity index (χ2n) is 14.0. The number of aliphatic hydroxyl groups excluding tert-OH is 2. The summed E-state index contributed by atoms with van der Waals surface area (Å²) in [5, 5.41) is 50.7. The fourth-order valence-electron chi connectivity index (χ4n) is 6.78. The summed E-state index contributed by atoms with van der Waals surface area (Å²) in [6, 6.07) is -0.311. The second-order valence-corrected chi connectivity index (χ2v) is 14.0. The number of cyclic esters (lactones) is 1. The van der Waals surface area contributed by atoms with Gasteiger partial charge in [0.1, 0.15) is 23.7 Å². The number of esters is 1. The second kappa shape index (κ2) is 17.8. The van der Waals surface area contributed by atoms with Gasteiger partial charge in [0, 0.05) is 30.9 Å². The molecule has 2 aliphatic heterocycles. The van der Waals surface area contributed by atoms with Gasteiger partial charge in [-0.2, -0.15) is 0 Å². The van der Waals surface area contributed by atoms with Crippen LogP contribution in [0.4, 0.5) is 0 Å². The standard InChI is InChI=1S/C33H60N2O12/c1-12-24-33(8,41)28(38)20(4)25(34-44-17-43-14-13-42-11)18(2)16-32(7,40)29(21(5)26(36)22(6)30(39)46-24)47-31-27(37)23(35(9)10)15-19(3)45-31/h18-24,27-29,31,37-38,40-41H,12-17H2,1-11H3/b34-25+/t18-,19-,20+,21+,22-,23+,24-,27-,28-,29-,31+,32-,33-/m1/s1. The maximum absolute atomic E-state index is 13.9. The van der Waals surface area contributed by atoms with Gasteiger partial charge in [-0.3, -0.25) is 9.59 Å². The topological polar surface area (TPSA) is 186 Å². The molecule has 0 aromatic rings. The van der Waals surface area contributed by atoms with Gasteiger partial charge in [-0.25, -0.2) is 0 Å². The van der Waals surface area contributed by atoms with Crippen LogP contribution in [0.1, 0.15) is 74.7 Å². The lowest BCUT2D eigenvalue weighted by Gasteiger charge is -2.46. The van der Waals surface area contributed by atoms with Gasteiger partial charge in [0.2, 0.25) is 6.79 Å². The van der Waals surface area contributed by atoms with E-state index in [0.29, 0.717) is 13.0 Å². The van der Waals surface area contributed by atoms with Crippen LogP contribution < -0.4 is 0 Å². The predicted molar refractivity (Wildman–Crippen MR) is 172 cm³/mol. The lowest BCUT2D eigenvalue weighted by Crippen LogP contribution is -2.59. The highest BCUT2D eigenvalue weighted by Gasteiger charge is 2.51. The zero-order valence-corrected chi connectivity index (χ0v) is 30.0. The van der Waals surface area contributed by atoms with Crippen LogP contribution in [0, 0.1) is 23.7 Å². The van der Waals surface area contributed by atoms with Crippen molar-refractivity contribution in [3.63, 3.8) is 0 Å². The smallest absolute Gasteiger partial charge is 0.316 e. The first-order chi connectivity index (χ1) is 21.8. The van der Waals surface area contributed by atoms with E-state index in [9.17, 15) is 30.0 Å². The Labute approximate surface area is 279 Å². The third-order valence-electron chi connectivity index (χ3n) is 9.64. The van der Waals surface area contributed by atoms with Gasteiger partial charge in [0.05, 0.1) is 42.8 Å². The highest BCUT2D eigenvalue weighted by molar-refractivity contribution is 6.00. The zero-order chi connectivity index (χ0) is 35.9. The van der Waals surface area contributed by atoms with Crippen LogP contribution >= 0.6 is 0 Å². The summed E-state index contributed by atoms with van der Waals surface area (Å²) in [7, 11) is 5.21. The molecular formula is C33H60N2O12. The zero-order valence-electron chi connectivity index (χ0n) is 30.0. The molecule has 13 atom stereocenters. The Hall–Kier alpha value is -1.75. The summed E-state index contributed by atoms with van der Waals surface area (Å²) in [5.74, 6) is -5.28. The molecule has 14 nitrogen and oxygen atoms in total. The normalized spacial score (nSPS) is 42.3. The molecule has 274 valence electrons. The molecule has 0 amide bonds. The molecule has 2 rings (SSSR count). The van der Waals surface area contributed by atoms with Crippen molar-refractivity contribution in [2.45, 2.75) is 129 Å². The van der Waals surface area contributed by atoms with Gasteiger partial charge >= 0.3 is 5.97 Å². The van der Waals surface area contributed by atoms with Gasteiger partial charge in [-0.1, -0.05) is 32.9 Å². The molecule has 4 N–H and O–H groups in total. The van der Waals surface area contributed by atoms with E-state index in [2.05, 4.69) is 5.16 Å². The van der Waals surface area contributed by atoms with E-state index in [0.717, 1.165) is 0 Å². The van der Waals surface area contributed by atoms with Crippen molar-refractivity contribution in [3.8, 4) is 0 Å². The number of carbonyl (C=O) groups is 2. The molecule has 0 bridgehead atoms. The minimum Gasteiger partial charge on any atom is -0.459 e. The number of nitrogens with zero attached hydrogens (tertiary/aromatic N) is 2. The largest absolute Gasteiger partial charge is 0.459 e. The molecular weight excluding hydrogens is 616 g/mol. The van der Waals surface area contributed by atoms with Crippen LogP contribution in [0.15, 0.2) is 5.16 Å². The minimum absolute atomic E-state index is 0.0489. The first kappa shape index (κ1) is 41.4. The lowest BCUT2D eigenvalue weighted by atomic mass is 9.74. The first-order valence-corrected chi connectivity index (χ1v) is 16.6. The molecule has 47 heavy (non-hydrogen) atoms. The number of rotatable bonds is 10. The van der Waals surface area contributed by atoms with Gasteiger partial charge in [-0.15, -0.1) is 0 Å². The SMILES string of the molecule is CC[C@H]1OC(=O)[C@H](C)C(=O)[C@H](C)[C@@H](O[C@@H]2O[C@H](C)C[C@H](N(C)C)[C@H]2O)[C@](C)(O)C[C@@H](C)/C(=N\OCOCCOC)[C@H](C)[C@@H](O)[C@]1(C)O. The van der Waals surface area contributed by atoms with Crippen molar-refractivity contribution in [1.82, 2.24) is 4.90 Å². The van der Waals surface area contributed by atoms with Crippen LogP contribution in [0.3, 0.4) is 0 Å². The Morgan fingerprint density at radius 1 is 1.02 bits per heavy atom. The van der Waals surface area contributed by atoms with Crippen molar-refractivity contribution in [3.05, 3.63) is 0 Å². The number of ketones is 1. The van der Waals surface area contributed by atoms with E-state index >= 15 is 0 Å². The molecule has 2 heterocycles. The molecule has 2 fully saturated rings. The summed E-state index contributed by atoms with van der Waals surface area (Å²) in [6.45, 7) is 13.2. The number of methoxy groups -OCH3 is 1. The van der Waals surface area contributed by atoms with E-state index < -0.39 is 77.3 Å². The number of carbonyl (C=O) groups excluding carboxylic acids is 2. The van der Waals surface area contributed by atoms with E-state index in [4.69, 9.17) is 28.5 Å². The van der Waals surface area contributed by atoms with Crippen LogP contribution in [-0.4, -0.2) is 138 Å². The number of oxime groups is 1. The third kappa shape index (κ3) is 10.4. The maximum Gasteiger partial charge on any atom is 0.316 e. The Balaban J connectivity index is 2.62. The number of likely N-dealkylation sites (N-methyl/N-ethyl adjacent to an activating group) is 1. The summed E-state index contributed by atoms with van der Waals surface area (Å²) in [6.07, 6.45) is -5.86. The molecule has 0 aliphatic carbocycles. The van der Waals surface area contributed by atoms with Crippen LogP contribution in [0.25, 0.3) is 0 Å². The Morgan fingerprint density at radius 3 is 2.23 bits per heavy atom. The molecule has 14 heteroatoms. The van der Waals surface area contributed by atoms with Crippen molar-refractivity contribution in [2.24, 2.45) is 28.8 Å². The quantitative estimate of drug-likeness (QED) is 0.0858. The van der Waals surface area contributed by atoms with E-state index in [1.165, 1.54) is 27.9 Å². The molecule has 0 spiro atoms. The Morgan fingerprint density at radius 2 is 1.66 bits per heavy atom. The highest BCUT2D eigenvalue weighted by Crippen LogP contribution is 2.37. The molecule has 0 aromatic carbocycles. The lowest BCUT2D eigenvalue weighted by molar-refractivity contribution is -0.293.